The molecule has 182 valence electrons. The zero-order chi connectivity index (χ0) is 25.6. The van der Waals surface area contributed by atoms with Crippen molar-refractivity contribution in [1.29, 1.82) is 0 Å². The third-order valence-electron chi connectivity index (χ3n) is 6.55. The Labute approximate surface area is 213 Å². The maximum atomic E-state index is 13.8. The molecule has 3 aromatic carbocycles. The molecule has 0 radical (unpaired) electrons. The minimum absolute atomic E-state index is 0.386. The van der Waals surface area contributed by atoms with Crippen molar-refractivity contribution in [3.63, 3.8) is 0 Å². The highest BCUT2D eigenvalue weighted by Gasteiger charge is 2.37. The van der Waals surface area contributed by atoms with Crippen LogP contribution in [-0.4, -0.2) is 26.8 Å². The number of imidazole rings is 1. The molecule has 0 bridgehead atoms. The molecule has 7 heteroatoms. The van der Waals surface area contributed by atoms with Crippen LogP contribution in [0.4, 0.5) is 4.39 Å². The summed E-state index contributed by atoms with van der Waals surface area (Å²) >= 11 is 7.06. The molecule has 0 fully saturated rings. The largest absolute Gasteiger partial charge is 0.480 e. The summed E-state index contributed by atoms with van der Waals surface area (Å²) in [6, 6.07) is 17.5. The number of rotatable bonds is 5. The lowest BCUT2D eigenvalue weighted by atomic mass is 9.82. The first-order valence-electron chi connectivity index (χ1n) is 11.4. The van der Waals surface area contributed by atoms with Crippen molar-refractivity contribution in [2.45, 2.75) is 19.4 Å². The van der Waals surface area contributed by atoms with Crippen LogP contribution in [0, 0.1) is 19.7 Å². The molecular formula is C29H25ClFN3O2. The number of nitrogens with zero attached hydrogens (tertiary/aromatic N) is 3. The molecule has 1 unspecified atom stereocenters. The summed E-state index contributed by atoms with van der Waals surface area (Å²) in [6.07, 6.45) is 3.22. The molecule has 5 aromatic rings. The van der Waals surface area contributed by atoms with Gasteiger partial charge in [-0.3, -0.25) is 0 Å². The monoisotopic (exact) mass is 501 g/mol. The molecular weight excluding hydrogens is 477 g/mol. The fourth-order valence-corrected chi connectivity index (χ4v) is 5.08. The quantitative estimate of drug-likeness (QED) is 0.305. The number of hydrogen-bond donors (Lipinski definition) is 1. The molecule has 5 nitrogen and oxygen atoms in total. The number of methoxy groups -OCH3 is 1. The Hall–Kier alpha value is -3.74. The summed E-state index contributed by atoms with van der Waals surface area (Å²) < 4.78 is 21.2. The van der Waals surface area contributed by atoms with Gasteiger partial charge in [-0.2, -0.15) is 0 Å². The topological polar surface area (TPSA) is 60.2 Å². The van der Waals surface area contributed by atoms with Gasteiger partial charge < -0.3 is 14.4 Å². The SMILES string of the molecule is COc1nc2c(C)cc(C(O)(c3ccc(F)cc3)c3cncn3C)cc2c(Cl)c1-c1cccc(C)c1. The fourth-order valence-electron chi connectivity index (χ4n) is 4.75. The van der Waals surface area contributed by atoms with Crippen LogP contribution in [0.25, 0.3) is 22.0 Å². The highest BCUT2D eigenvalue weighted by molar-refractivity contribution is 6.38. The van der Waals surface area contributed by atoms with E-state index in [1.807, 2.05) is 50.2 Å². The lowest BCUT2D eigenvalue weighted by Crippen LogP contribution is -2.31. The van der Waals surface area contributed by atoms with Gasteiger partial charge in [0.15, 0.2) is 5.60 Å². The highest BCUT2D eigenvalue weighted by atomic mass is 35.5. The molecule has 0 aliphatic carbocycles. The maximum absolute atomic E-state index is 13.8. The molecule has 0 aliphatic rings. The average molecular weight is 502 g/mol. The standard InChI is InChI=1S/C29H25ClFN3O2/c1-17-6-5-7-19(12-17)25-26(30)23-14-21(13-18(2)27(23)33-28(25)36-4)29(35,24-15-32-16-34(24)3)20-8-10-22(31)11-9-20/h5-16,35H,1-4H3. The second kappa shape index (κ2) is 9.04. The third-order valence-corrected chi connectivity index (χ3v) is 6.94. The van der Waals surface area contributed by atoms with Crippen LogP contribution in [0.15, 0.2) is 73.2 Å². The van der Waals surface area contributed by atoms with E-state index in [1.165, 1.54) is 12.1 Å². The molecule has 0 saturated heterocycles. The highest BCUT2D eigenvalue weighted by Crippen LogP contribution is 2.44. The summed E-state index contributed by atoms with van der Waals surface area (Å²) in [7, 11) is 3.38. The number of aromatic nitrogens is 3. The van der Waals surface area contributed by atoms with Gasteiger partial charge in [0.2, 0.25) is 5.88 Å². The molecule has 2 heterocycles. The first kappa shape index (κ1) is 24.0. The molecule has 36 heavy (non-hydrogen) atoms. The summed E-state index contributed by atoms with van der Waals surface area (Å²) in [4.78, 5) is 9.01. The van der Waals surface area contributed by atoms with Crippen molar-refractivity contribution in [2.24, 2.45) is 7.05 Å². The van der Waals surface area contributed by atoms with Crippen LogP contribution in [0.1, 0.15) is 27.9 Å². The van der Waals surface area contributed by atoms with Crippen LogP contribution in [-0.2, 0) is 12.6 Å². The number of pyridine rings is 1. The number of hydrogen-bond acceptors (Lipinski definition) is 4. The van der Waals surface area contributed by atoms with Crippen molar-refractivity contribution >= 4 is 22.5 Å². The normalized spacial score (nSPS) is 13.1. The zero-order valence-electron chi connectivity index (χ0n) is 20.4. The van der Waals surface area contributed by atoms with E-state index in [2.05, 4.69) is 4.98 Å². The van der Waals surface area contributed by atoms with Crippen molar-refractivity contribution in [1.82, 2.24) is 14.5 Å². The summed E-state index contributed by atoms with van der Waals surface area (Å²) in [6.45, 7) is 3.92. The molecule has 0 saturated carbocycles. The Kier molecular flexibility index (Phi) is 6.02. The van der Waals surface area contributed by atoms with E-state index in [0.717, 1.165) is 16.7 Å². The van der Waals surface area contributed by atoms with Gasteiger partial charge in [0, 0.05) is 12.4 Å². The maximum Gasteiger partial charge on any atom is 0.223 e. The van der Waals surface area contributed by atoms with Crippen LogP contribution < -0.4 is 4.74 Å². The molecule has 1 N–H and O–H groups in total. The minimum atomic E-state index is -1.62. The Morgan fingerprint density at radius 2 is 1.78 bits per heavy atom. The van der Waals surface area contributed by atoms with Crippen molar-refractivity contribution < 1.29 is 14.2 Å². The molecule has 5 rings (SSSR count). The third kappa shape index (κ3) is 3.83. The summed E-state index contributed by atoms with van der Waals surface area (Å²) in [5.41, 5.74) is 4.10. The summed E-state index contributed by atoms with van der Waals surface area (Å²) in [5.74, 6) is 0.0392. The molecule has 0 amide bonds. The molecule has 0 spiro atoms. The van der Waals surface area contributed by atoms with Crippen molar-refractivity contribution in [3.8, 4) is 17.0 Å². The number of ether oxygens (including phenoxy) is 1. The molecule has 1 atom stereocenters. The van der Waals surface area contributed by atoms with Gasteiger partial charge in [-0.1, -0.05) is 59.6 Å². The minimum Gasteiger partial charge on any atom is -0.480 e. The van der Waals surface area contributed by atoms with Crippen LogP contribution >= 0.6 is 11.6 Å². The van der Waals surface area contributed by atoms with E-state index in [9.17, 15) is 9.50 Å². The Bertz CT molecular complexity index is 1600. The van der Waals surface area contributed by atoms with Crippen molar-refractivity contribution in [2.75, 3.05) is 7.11 Å². The number of fused-ring (bicyclic) bond motifs is 1. The predicted octanol–water partition coefficient (Wildman–Crippen LogP) is 6.34. The lowest BCUT2D eigenvalue weighted by Gasteiger charge is -2.30. The fraction of sp³-hybridized carbons (Fsp3) is 0.172. The van der Waals surface area contributed by atoms with Gasteiger partial charge in [0.1, 0.15) is 5.82 Å². The molecule has 2 aromatic heterocycles. The van der Waals surface area contributed by atoms with Gasteiger partial charge in [0.25, 0.3) is 0 Å². The van der Waals surface area contributed by atoms with Gasteiger partial charge in [-0.05, 0) is 54.3 Å². The Morgan fingerprint density at radius 3 is 2.42 bits per heavy atom. The first-order valence-corrected chi connectivity index (χ1v) is 11.8. The van der Waals surface area contributed by atoms with Crippen LogP contribution in [0.3, 0.4) is 0 Å². The smallest absolute Gasteiger partial charge is 0.223 e. The van der Waals surface area contributed by atoms with Crippen molar-refractivity contribution in [3.05, 3.63) is 112 Å². The first-order chi connectivity index (χ1) is 17.2. The number of benzene rings is 3. The molecule has 0 aliphatic heterocycles. The van der Waals surface area contributed by atoms with Crippen LogP contribution in [0.5, 0.6) is 5.88 Å². The van der Waals surface area contributed by atoms with E-state index >= 15 is 0 Å². The number of aryl methyl sites for hydroxylation is 3. The second-order valence-electron chi connectivity index (χ2n) is 8.98. The van der Waals surface area contributed by atoms with E-state index in [1.54, 1.807) is 43.4 Å². The second-order valence-corrected chi connectivity index (χ2v) is 9.35. The van der Waals surface area contributed by atoms with E-state index in [0.29, 0.717) is 44.2 Å². The van der Waals surface area contributed by atoms with E-state index < -0.39 is 5.60 Å². The number of aliphatic hydroxyl groups is 1. The zero-order valence-corrected chi connectivity index (χ0v) is 21.1. The van der Waals surface area contributed by atoms with Gasteiger partial charge in [-0.25, -0.2) is 14.4 Å². The average Bonchev–Trinajstić information content (AvgIpc) is 3.30. The van der Waals surface area contributed by atoms with E-state index in [-0.39, 0.29) is 5.82 Å². The Morgan fingerprint density at radius 1 is 1.03 bits per heavy atom. The summed E-state index contributed by atoms with van der Waals surface area (Å²) in [5, 5.41) is 13.5. The lowest BCUT2D eigenvalue weighted by molar-refractivity contribution is 0.117. The van der Waals surface area contributed by atoms with Crippen LogP contribution in [0.2, 0.25) is 5.02 Å². The van der Waals surface area contributed by atoms with Gasteiger partial charge >= 0.3 is 0 Å². The van der Waals surface area contributed by atoms with Gasteiger partial charge in [0.05, 0.1) is 41.4 Å². The number of halogens is 2. The predicted molar refractivity (Wildman–Crippen MR) is 140 cm³/mol. The van der Waals surface area contributed by atoms with Gasteiger partial charge in [-0.15, -0.1) is 0 Å². The van der Waals surface area contributed by atoms with E-state index in [4.69, 9.17) is 21.3 Å². The Balaban J connectivity index is 1.83.